The maximum Gasteiger partial charge on any atom is 0.303 e. The van der Waals surface area contributed by atoms with E-state index in [1.54, 1.807) is 20.0 Å². The summed E-state index contributed by atoms with van der Waals surface area (Å²) in [6.07, 6.45) is 6.80. The smallest absolute Gasteiger partial charge is 0.303 e. The number of allylic oxidation sites excluding steroid dienone is 1. The van der Waals surface area contributed by atoms with Crippen LogP contribution < -0.4 is 5.32 Å². The summed E-state index contributed by atoms with van der Waals surface area (Å²) in [5, 5.41) is 16.7. The van der Waals surface area contributed by atoms with Crippen molar-refractivity contribution in [1.82, 2.24) is 20.1 Å². The summed E-state index contributed by atoms with van der Waals surface area (Å²) in [6, 6.07) is 5.67. The van der Waals surface area contributed by atoms with Gasteiger partial charge < -0.3 is 10.4 Å². The lowest BCUT2D eigenvalue weighted by molar-refractivity contribution is -0.139. The molecule has 29 heavy (non-hydrogen) atoms. The number of aromatic nitrogens is 3. The highest BCUT2D eigenvalue weighted by Crippen LogP contribution is 2.34. The molecule has 154 valence electrons. The largest absolute Gasteiger partial charge is 0.481 e. The molecule has 2 aromatic rings. The van der Waals surface area contributed by atoms with Crippen molar-refractivity contribution in [2.75, 3.05) is 0 Å². The van der Waals surface area contributed by atoms with Crippen LogP contribution in [0.15, 0.2) is 36.5 Å². The highest BCUT2D eigenvalue weighted by molar-refractivity contribution is 5.78. The highest BCUT2D eigenvalue weighted by atomic mass is 16.4. The van der Waals surface area contributed by atoms with Crippen LogP contribution in [0.2, 0.25) is 0 Å². The molecule has 3 rings (SSSR count). The summed E-state index contributed by atoms with van der Waals surface area (Å²) in [6.45, 7) is 7.63. The molecule has 0 aliphatic heterocycles. The van der Waals surface area contributed by atoms with E-state index < -0.39 is 11.4 Å². The van der Waals surface area contributed by atoms with Gasteiger partial charge in [-0.25, -0.2) is 9.67 Å². The minimum atomic E-state index is -0.889. The van der Waals surface area contributed by atoms with Crippen LogP contribution in [0.25, 0.3) is 5.82 Å². The number of nitrogens with one attached hydrogen (secondary N) is 1. The molecular formula is C22H28N4O3. The van der Waals surface area contributed by atoms with Crippen LogP contribution in [-0.2, 0) is 9.59 Å². The Balaban J connectivity index is 1.66. The zero-order valence-electron chi connectivity index (χ0n) is 17.3. The third-order valence-electron chi connectivity index (χ3n) is 5.28. The van der Waals surface area contributed by atoms with Gasteiger partial charge in [0.2, 0.25) is 5.91 Å². The zero-order valence-corrected chi connectivity index (χ0v) is 17.3. The number of carboxylic acids is 1. The Morgan fingerprint density at radius 2 is 2.00 bits per heavy atom. The molecule has 2 atom stereocenters. The van der Waals surface area contributed by atoms with E-state index in [4.69, 9.17) is 5.11 Å². The molecule has 2 N–H and O–H groups in total. The van der Waals surface area contributed by atoms with Crippen LogP contribution in [0.4, 0.5) is 0 Å². The monoisotopic (exact) mass is 396 g/mol. The minimum absolute atomic E-state index is 0.0331. The summed E-state index contributed by atoms with van der Waals surface area (Å²) < 4.78 is 1.86. The van der Waals surface area contributed by atoms with Crippen molar-refractivity contribution < 1.29 is 14.7 Å². The van der Waals surface area contributed by atoms with Gasteiger partial charge in [-0.2, -0.15) is 5.10 Å². The van der Waals surface area contributed by atoms with Gasteiger partial charge in [-0.05, 0) is 37.8 Å². The van der Waals surface area contributed by atoms with Gasteiger partial charge in [0.1, 0.15) is 0 Å². The van der Waals surface area contributed by atoms with Crippen LogP contribution in [-0.4, -0.2) is 37.8 Å². The van der Waals surface area contributed by atoms with Gasteiger partial charge in [-0.3, -0.25) is 9.59 Å². The molecule has 0 radical (unpaired) electrons. The fourth-order valence-electron chi connectivity index (χ4n) is 4.08. The predicted octanol–water partition coefficient (Wildman–Crippen LogP) is 3.30. The molecule has 7 nitrogen and oxygen atoms in total. The van der Waals surface area contributed by atoms with E-state index in [0.717, 1.165) is 29.2 Å². The molecule has 0 aromatic carbocycles. The lowest BCUT2D eigenvalue weighted by atomic mass is 9.85. The fourth-order valence-corrected chi connectivity index (χ4v) is 4.08. The van der Waals surface area contributed by atoms with Gasteiger partial charge in [0.15, 0.2) is 5.82 Å². The fraction of sp³-hybridized carbons (Fsp3) is 0.455. The third kappa shape index (κ3) is 4.91. The van der Waals surface area contributed by atoms with E-state index in [9.17, 15) is 9.59 Å². The van der Waals surface area contributed by atoms with Crippen molar-refractivity contribution in [2.24, 2.45) is 5.41 Å². The number of aliphatic carboxylic acids is 1. The lowest BCUT2D eigenvalue weighted by Crippen LogP contribution is -2.36. The Labute approximate surface area is 170 Å². The van der Waals surface area contributed by atoms with Gasteiger partial charge in [-0.15, -0.1) is 0 Å². The van der Waals surface area contributed by atoms with Gasteiger partial charge >= 0.3 is 5.97 Å². The summed E-state index contributed by atoms with van der Waals surface area (Å²) in [5.41, 5.74) is 2.59. The normalized spacial score (nSPS) is 18.8. The average molecular weight is 396 g/mol. The predicted molar refractivity (Wildman–Crippen MR) is 110 cm³/mol. The van der Waals surface area contributed by atoms with Crippen LogP contribution in [0, 0.1) is 19.3 Å². The lowest BCUT2D eigenvalue weighted by Gasteiger charge is -2.23. The molecule has 2 aromatic heterocycles. The quantitative estimate of drug-likeness (QED) is 0.700. The SMILES string of the molecule is Cc1nn(-c2ccccn2)c(C)c1C1C=CC(NC(=O)CC(C)(C)CC(=O)O)C1. The number of hydrogen-bond acceptors (Lipinski definition) is 4. The first-order chi connectivity index (χ1) is 13.7. The Morgan fingerprint density at radius 3 is 2.66 bits per heavy atom. The molecule has 1 aliphatic carbocycles. The summed E-state index contributed by atoms with van der Waals surface area (Å²) >= 11 is 0. The van der Waals surface area contributed by atoms with Gasteiger partial charge in [0, 0.05) is 35.8 Å². The number of hydrogen-bond donors (Lipinski definition) is 2. The minimum Gasteiger partial charge on any atom is -0.481 e. The molecule has 2 unspecified atom stereocenters. The van der Waals surface area contributed by atoms with E-state index in [2.05, 4.69) is 21.5 Å². The maximum absolute atomic E-state index is 12.4. The first kappa shape index (κ1) is 20.8. The molecule has 7 heteroatoms. The number of rotatable bonds is 7. The van der Waals surface area contributed by atoms with Crippen LogP contribution in [0.1, 0.15) is 56.0 Å². The Kier molecular flexibility index (Phi) is 5.86. The van der Waals surface area contributed by atoms with Crippen molar-refractivity contribution in [3.05, 3.63) is 53.5 Å². The molecule has 0 bridgehead atoms. The topological polar surface area (TPSA) is 97.1 Å². The van der Waals surface area contributed by atoms with Crippen molar-refractivity contribution >= 4 is 11.9 Å². The second kappa shape index (κ2) is 8.19. The van der Waals surface area contributed by atoms with Gasteiger partial charge in [-0.1, -0.05) is 32.1 Å². The second-order valence-electron chi connectivity index (χ2n) is 8.50. The zero-order chi connectivity index (χ0) is 21.2. The Morgan fingerprint density at radius 1 is 1.24 bits per heavy atom. The highest BCUT2D eigenvalue weighted by Gasteiger charge is 2.29. The molecule has 0 saturated heterocycles. The van der Waals surface area contributed by atoms with E-state index in [1.807, 2.05) is 42.8 Å². The average Bonchev–Trinajstić information content (AvgIpc) is 3.17. The van der Waals surface area contributed by atoms with E-state index in [0.29, 0.717) is 0 Å². The maximum atomic E-state index is 12.4. The number of carbonyl (C=O) groups is 2. The van der Waals surface area contributed by atoms with Crippen LogP contribution in [0.3, 0.4) is 0 Å². The van der Waals surface area contributed by atoms with Crippen LogP contribution >= 0.6 is 0 Å². The van der Waals surface area contributed by atoms with Gasteiger partial charge in [0.05, 0.1) is 12.1 Å². The standard InChI is InChI=1S/C22H28N4O3/c1-14-21(15(2)26(25-14)18-7-5-6-10-23-18)16-8-9-17(11-16)24-19(27)12-22(3,4)13-20(28)29/h5-10,16-17H,11-13H2,1-4H3,(H,24,27)(H,28,29). The van der Waals surface area contributed by atoms with Crippen molar-refractivity contribution in [1.29, 1.82) is 0 Å². The first-order valence-electron chi connectivity index (χ1n) is 9.83. The van der Waals surface area contributed by atoms with Gasteiger partial charge in [0.25, 0.3) is 0 Å². The number of nitrogens with zero attached hydrogens (tertiary/aromatic N) is 3. The van der Waals surface area contributed by atoms with Crippen molar-refractivity contribution in [3.63, 3.8) is 0 Å². The number of amides is 1. The molecule has 1 aliphatic rings. The number of aryl methyl sites for hydroxylation is 1. The Hall–Kier alpha value is -2.96. The summed E-state index contributed by atoms with van der Waals surface area (Å²) in [4.78, 5) is 27.7. The molecule has 2 heterocycles. The summed E-state index contributed by atoms with van der Waals surface area (Å²) in [5.74, 6) is -0.0553. The van der Waals surface area contributed by atoms with Crippen molar-refractivity contribution in [2.45, 2.75) is 58.9 Å². The Bertz CT molecular complexity index is 931. The van der Waals surface area contributed by atoms with Crippen LogP contribution in [0.5, 0.6) is 0 Å². The number of carbonyl (C=O) groups excluding carboxylic acids is 1. The van der Waals surface area contributed by atoms with E-state index in [-0.39, 0.29) is 30.7 Å². The molecule has 1 amide bonds. The summed E-state index contributed by atoms with van der Waals surface area (Å²) in [7, 11) is 0. The van der Waals surface area contributed by atoms with E-state index in [1.165, 1.54) is 0 Å². The number of pyridine rings is 1. The third-order valence-corrected chi connectivity index (χ3v) is 5.28. The molecule has 0 fully saturated rings. The molecule has 0 spiro atoms. The second-order valence-corrected chi connectivity index (χ2v) is 8.50. The molecular weight excluding hydrogens is 368 g/mol. The number of carboxylic acid groups (broad SMARTS) is 1. The van der Waals surface area contributed by atoms with E-state index >= 15 is 0 Å². The van der Waals surface area contributed by atoms with Crippen molar-refractivity contribution in [3.8, 4) is 5.82 Å². The first-order valence-corrected chi connectivity index (χ1v) is 9.83. The molecule has 0 saturated carbocycles.